The molecule has 112 valence electrons. The molecule has 1 aromatic heterocycles. The van der Waals surface area contributed by atoms with Gasteiger partial charge in [0.25, 0.3) is 0 Å². The zero-order valence-corrected chi connectivity index (χ0v) is 12.3. The molecule has 3 rings (SSSR count). The summed E-state index contributed by atoms with van der Waals surface area (Å²) in [5.74, 6) is 0.424. The third-order valence-corrected chi connectivity index (χ3v) is 3.72. The molecular weight excluding hydrogens is 281 g/mol. The summed E-state index contributed by atoms with van der Waals surface area (Å²) in [5.41, 5.74) is 2.01. The van der Waals surface area contributed by atoms with Crippen LogP contribution in [0.15, 0.2) is 30.6 Å². The van der Waals surface area contributed by atoms with E-state index in [0.717, 1.165) is 36.7 Å². The standard InChI is InChI=1S/C16H16FN5/c1-11-4-16(20-10-19-11)21-14-2-3-22(9-14)15-6-12(8-18)5-13(17)7-15/h4-7,10,14H,2-3,9H2,1H3,(H,19,20,21). The predicted octanol–water partition coefficient (Wildman–Crippen LogP) is 2.49. The summed E-state index contributed by atoms with van der Waals surface area (Å²) in [4.78, 5) is 10.3. The first-order valence-corrected chi connectivity index (χ1v) is 7.15. The molecule has 0 aliphatic carbocycles. The van der Waals surface area contributed by atoms with Crippen molar-refractivity contribution in [3.05, 3.63) is 47.7 Å². The largest absolute Gasteiger partial charge is 0.369 e. The van der Waals surface area contributed by atoms with Gasteiger partial charge < -0.3 is 10.2 Å². The zero-order valence-electron chi connectivity index (χ0n) is 12.3. The Hall–Kier alpha value is -2.68. The summed E-state index contributed by atoms with van der Waals surface area (Å²) in [6.45, 7) is 3.48. The van der Waals surface area contributed by atoms with Gasteiger partial charge in [-0.1, -0.05) is 0 Å². The Labute approximate surface area is 128 Å². The summed E-state index contributed by atoms with van der Waals surface area (Å²) in [7, 11) is 0. The SMILES string of the molecule is Cc1cc(NC2CCN(c3cc(F)cc(C#N)c3)C2)ncn1. The fraction of sp³-hybridized carbons (Fsp3) is 0.312. The molecule has 0 saturated carbocycles. The smallest absolute Gasteiger partial charge is 0.129 e. The van der Waals surface area contributed by atoms with Crippen molar-refractivity contribution in [1.29, 1.82) is 5.26 Å². The minimum absolute atomic E-state index is 0.239. The summed E-state index contributed by atoms with van der Waals surface area (Å²) in [5, 5.41) is 12.3. The van der Waals surface area contributed by atoms with Crippen LogP contribution < -0.4 is 10.2 Å². The number of hydrogen-bond donors (Lipinski definition) is 1. The van der Waals surface area contributed by atoms with Gasteiger partial charge in [0.15, 0.2) is 0 Å². The predicted molar refractivity (Wildman–Crippen MR) is 82.1 cm³/mol. The van der Waals surface area contributed by atoms with E-state index < -0.39 is 0 Å². The van der Waals surface area contributed by atoms with Gasteiger partial charge in [0.2, 0.25) is 0 Å². The first kappa shape index (κ1) is 14.3. The summed E-state index contributed by atoms with van der Waals surface area (Å²) in [6.07, 6.45) is 2.47. The van der Waals surface area contributed by atoms with Crippen LogP contribution in [-0.2, 0) is 0 Å². The van der Waals surface area contributed by atoms with Crippen molar-refractivity contribution in [2.75, 3.05) is 23.3 Å². The Morgan fingerprint density at radius 2 is 2.18 bits per heavy atom. The van der Waals surface area contributed by atoms with E-state index in [-0.39, 0.29) is 11.9 Å². The van der Waals surface area contributed by atoms with Crippen LogP contribution in [-0.4, -0.2) is 29.1 Å². The van der Waals surface area contributed by atoms with Crippen LogP contribution in [0.1, 0.15) is 17.7 Å². The molecule has 0 bridgehead atoms. The maximum Gasteiger partial charge on any atom is 0.129 e. The van der Waals surface area contributed by atoms with Crippen LogP contribution in [0.2, 0.25) is 0 Å². The number of aromatic nitrogens is 2. The molecule has 1 fully saturated rings. The normalized spacial score (nSPS) is 17.3. The number of nitrogens with zero attached hydrogens (tertiary/aromatic N) is 4. The maximum absolute atomic E-state index is 13.5. The lowest BCUT2D eigenvalue weighted by Crippen LogP contribution is -2.26. The van der Waals surface area contributed by atoms with E-state index in [9.17, 15) is 4.39 Å². The fourth-order valence-corrected chi connectivity index (χ4v) is 2.68. The van der Waals surface area contributed by atoms with Crippen molar-refractivity contribution in [3.63, 3.8) is 0 Å². The highest BCUT2D eigenvalue weighted by Gasteiger charge is 2.23. The highest BCUT2D eigenvalue weighted by atomic mass is 19.1. The molecule has 1 unspecified atom stereocenters. The van der Waals surface area contributed by atoms with Crippen LogP contribution in [0, 0.1) is 24.1 Å². The molecule has 22 heavy (non-hydrogen) atoms. The summed E-state index contributed by atoms with van der Waals surface area (Å²) >= 11 is 0. The van der Waals surface area contributed by atoms with Crippen molar-refractivity contribution < 1.29 is 4.39 Å². The number of anilines is 2. The third-order valence-electron chi connectivity index (χ3n) is 3.72. The minimum atomic E-state index is -0.378. The zero-order chi connectivity index (χ0) is 15.5. The van der Waals surface area contributed by atoms with Gasteiger partial charge in [-0.3, -0.25) is 0 Å². The lowest BCUT2D eigenvalue weighted by Gasteiger charge is -2.19. The van der Waals surface area contributed by atoms with Gasteiger partial charge in [0.1, 0.15) is 18.0 Å². The number of benzene rings is 1. The molecule has 0 amide bonds. The van der Waals surface area contributed by atoms with Crippen molar-refractivity contribution in [3.8, 4) is 6.07 Å². The Morgan fingerprint density at radius 3 is 2.95 bits per heavy atom. The van der Waals surface area contributed by atoms with E-state index in [0.29, 0.717) is 5.56 Å². The van der Waals surface area contributed by atoms with Gasteiger partial charge in [-0.25, -0.2) is 14.4 Å². The average molecular weight is 297 g/mol. The second kappa shape index (κ2) is 5.98. The van der Waals surface area contributed by atoms with Gasteiger partial charge >= 0.3 is 0 Å². The molecule has 0 radical (unpaired) electrons. The van der Waals surface area contributed by atoms with Gasteiger partial charge in [0, 0.05) is 36.6 Å². The van der Waals surface area contributed by atoms with E-state index >= 15 is 0 Å². The topological polar surface area (TPSA) is 64.8 Å². The molecule has 2 heterocycles. The Balaban J connectivity index is 1.70. The molecule has 6 heteroatoms. The van der Waals surface area contributed by atoms with Gasteiger partial charge in [-0.05, 0) is 31.5 Å². The molecule has 1 aliphatic heterocycles. The molecule has 1 saturated heterocycles. The number of halogens is 1. The highest BCUT2D eigenvalue weighted by molar-refractivity contribution is 5.53. The fourth-order valence-electron chi connectivity index (χ4n) is 2.68. The van der Waals surface area contributed by atoms with Crippen LogP contribution in [0.3, 0.4) is 0 Å². The molecule has 1 atom stereocenters. The van der Waals surface area contributed by atoms with Crippen molar-refractivity contribution in [2.24, 2.45) is 0 Å². The van der Waals surface area contributed by atoms with Crippen LogP contribution in [0.5, 0.6) is 0 Å². The van der Waals surface area contributed by atoms with Crippen molar-refractivity contribution in [1.82, 2.24) is 9.97 Å². The van der Waals surface area contributed by atoms with E-state index in [1.54, 1.807) is 6.07 Å². The van der Waals surface area contributed by atoms with E-state index in [1.165, 1.54) is 18.5 Å². The second-order valence-corrected chi connectivity index (χ2v) is 5.43. The maximum atomic E-state index is 13.5. The first-order valence-electron chi connectivity index (χ1n) is 7.15. The highest BCUT2D eigenvalue weighted by Crippen LogP contribution is 2.24. The van der Waals surface area contributed by atoms with Crippen LogP contribution in [0.4, 0.5) is 15.9 Å². The number of hydrogen-bond acceptors (Lipinski definition) is 5. The lowest BCUT2D eigenvalue weighted by molar-refractivity contribution is 0.626. The monoisotopic (exact) mass is 297 g/mol. The third kappa shape index (κ3) is 3.14. The quantitative estimate of drug-likeness (QED) is 0.943. The van der Waals surface area contributed by atoms with Crippen LogP contribution >= 0.6 is 0 Å². The first-order chi connectivity index (χ1) is 10.6. The number of nitriles is 1. The molecule has 1 aromatic carbocycles. The Kier molecular flexibility index (Phi) is 3.88. The molecule has 5 nitrogen and oxygen atoms in total. The molecule has 1 aliphatic rings. The Bertz CT molecular complexity index is 725. The van der Waals surface area contributed by atoms with Crippen LogP contribution in [0.25, 0.3) is 0 Å². The van der Waals surface area contributed by atoms with E-state index in [1.807, 2.05) is 19.1 Å². The molecule has 2 aromatic rings. The number of rotatable bonds is 3. The average Bonchev–Trinajstić information content (AvgIpc) is 2.95. The number of aryl methyl sites for hydroxylation is 1. The second-order valence-electron chi connectivity index (χ2n) is 5.43. The van der Waals surface area contributed by atoms with Gasteiger partial charge in [-0.2, -0.15) is 5.26 Å². The minimum Gasteiger partial charge on any atom is -0.369 e. The van der Waals surface area contributed by atoms with E-state index in [4.69, 9.17) is 5.26 Å². The van der Waals surface area contributed by atoms with Crippen molar-refractivity contribution in [2.45, 2.75) is 19.4 Å². The molecule has 1 N–H and O–H groups in total. The molecule has 0 spiro atoms. The molecular formula is C16H16FN5. The lowest BCUT2D eigenvalue weighted by atomic mass is 10.2. The Morgan fingerprint density at radius 1 is 1.32 bits per heavy atom. The summed E-state index contributed by atoms with van der Waals surface area (Å²) in [6, 6.07) is 8.57. The van der Waals surface area contributed by atoms with Crippen molar-refractivity contribution >= 4 is 11.5 Å². The number of nitrogens with one attached hydrogen (secondary N) is 1. The van der Waals surface area contributed by atoms with Gasteiger partial charge in [-0.15, -0.1) is 0 Å². The van der Waals surface area contributed by atoms with Gasteiger partial charge in [0.05, 0.1) is 11.6 Å². The van der Waals surface area contributed by atoms with E-state index in [2.05, 4.69) is 20.2 Å². The summed E-state index contributed by atoms with van der Waals surface area (Å²) < 4.78 is 13.5.